The van der Waals surface area contributed by atoms with E-state index in [1.807, 2.05) is 11.8 Å². The van der Waals surface area contributed by atoms with Gasteiger partial charge in [0, 0.05) is 29.0 Å². The van der Waals surface area contributed by atoms with E-state index in [1.54, 1.807) is 18.2 Å². The maximum atomic E-state index is 12.2. The molecule has 0 saturated carbocycles. The lowest BCUT2D eigenvalue weighted by Crippen LogP contribution is -2.43. The van der Waals surface area contributed by atoms with Crippen molar-refractivity contribution in [2.75, 3.05) is 18.8 Å². The minimum Gasteiger partial charge on any atom is -0.342 e. The van der Waals surface area contributed by atoms with Crippen LogP contribution in [0.25, 0.3) is 0 Å². The average molecular weight is 347 g/mol. The summed E-state index contributed by atoms with van der Waals surface area (Å²) < 4.78 is 0. The number of thioether (sulfide) groups is 1. The molecule has 1 aromatic rings. The highest BCUT2D eigenvalue weighted by Crippen LogP contribution is 2.30. The topological polar surface area (TPSA) is 46.3 Å². The molecule has 21 heavy (non-hydrogen) atoms. The molecule has 1 atom stereocenters. The Morgan fingerprint density at radius 2 is 2.10 bits per heavy atom. The Labute approximate surface area is 140 Å². The largest absolute Gasteiger partial charge is 0.342 e. The lowest BCUT2D eigenvalue weighted by atomic mass is 9.91. The van der Waals surface area contributed by atoms with E-state index < -0.39 is 0 Å². The van der Waals surface area contributed by atoms with Crippen LogP contribution in [-0.2, 0) is 4.79 Å². The third-order valence-corrected chi connectivity index (χ3v) is 5.60. The average Bonchev–Trinajstić information content (AvgIpc) is 2.48. The maximum Gasteiger partial charge on any atom is 0.232 e. The second-order valence-electron chi connectivity index (χ2n) is 5.44. The highest BCUT2D eigenvalue weighted by atomic mass is 35.5. The third kappa shape index (κ3) is 4.78. The van der Waals surface area contributed by atoms with Crippen LogP contribution in [0.15, 0.2) is 23.1 Å². The minimum atomic E-state index is 0.152. The monoisotopic (exact) mass is 346 g/mol. The van der Waals surface area contributed by atoms with Gasteiger partial charge in [0.1, 0.15) is 0 Å². The number of piperidine rings is 1. The Balaban J connectivity index is 1.84. The number of halogens is 2. The van der Waals surface area contributed by atoms with E-state index in [0.717, 1.165) is 30.8 Å². The van der Waals surface area contributed by atoms with Crippen molar-refractivity contribution in [2.24, 2.45) is 11.7 Å². The molecule has 0 spiro atoms. The van der Waals surface area contributed by atoms with E-state index in [-0.39, 0.29) is 11.9 Å². The van der Waals surface area contributed by atoms with Crippen LogP contribution in [0.3, 0.4) is 0 Å². The second-order valence-corrected chi connectivity index (χ2v) is 7.30. The summed E-state index contributed by atoms with van der Waals surface area (Å²) in [5.74, 6) is 1.08. The van der Waals surface area contributed by atoms with E-state index in [4.69, 9.17) is 28.9 Å². The maximum absolute atomic E-state index is 12.2. The molecule has 1 aliphatic heterocycles. The zero-order valence-corrected chi connectivity index (χ0v) is 14.3. The molecule has 0 aromatic heterocycles. The summed E-state index contributed by atoms with van der Waals surface area (Å²) >= 11 is 13.5. The van der Waals surface area contributed by atoms with Gasteiger partial charge in [-0.15, -0.1) is 11.8 Å². The molecule has 0 radical (unpaired) electrons. The second kappa shape index (κ2) is 7.73. The number of nitrogens with zero attached hydrogens (tertiary/aromatic N) is 1. The molecule has 1 fully saturated rings. The van der Waals surface area contributed by atoms with Crippen LogP contribution in [0.1, 0.15) is 19.8 Å². The van der Waals surface area contributed by atoms with Crippen molar-refractivity contribution in [3.8, 4) is 0 Å². The van der Waals surface area contributed by atoms with Crippen LogP contribution in [-0.4, -0.2) is 35.7 Å². The number of rotatable bonds is 4. The highest BCUT2D eigenvalue weighted by Gasteiger charge is 2.24. The number of carbonyl (C=O) groups is 1. The molecule has 0 bridgehead atoms. The van der Waals surface area contributed by atoms with Gasteiger partial charge in [-0.1, -0.05) is 23.2 Å². The van der Waals surface area contributed by atoms with E-state index in [1.165, 1.54) is 11.8 Å². The van der Waals surface area contributed by atoms with Crippen LogP contribution in [0.4, 0.5) is 0 Å². The molecule has 0 aliphatic carbocycles. The van der Waals surface area contributed by atoms with Gasteiger partial charge in [-0.2, -0.15) is 0 Å². The molecular formula is C15H20Cl2N2OS. The Morgan fingerprint density at radius 1 is 1.43 bits per heavy atom. The first-order chi connectivity index (χ1) is 9.97. The predicted octanol–water partition coefficient (Wildman–Crippen LogP) is 3.67. The Kier molecular flexibility index (Phi) is 6.23. The van der Waals surface area contributed by atoms with Crippen molar-refractivity contribution >= 4 is 40.9 Å². The molecule has 1 amide bonds. The summed E-state index contributed by atoms with van der Waals surface area (Å²) in [6.45, 7) is 3.64. The van der Waals surface area contributed by atoms with Gasteiger partial charge in [0.15, 0.2) is 0 Å². The standard InChI is InChI=1S/C15H20Cl2N2OS/c1-10(18)11-4-6-19(7-5-11)15(20)9-21-14-8-12(16)2-3-13(14)17/h2-3,8,10-11H,4-7,9,18H2,1H3. The Hall–Kier alpha value is -0.420. The molecule has 1 heterocycles. The summed E-state index contributed by atoms with van der Waals surface area (Å²) in [6, 6.07) is 5.51. The first kappa shape index (κ1) is 16.9. The predicted molar refractivity (Wildman–Crippen MR) is 90.1 cm³/mol. The van der Waals surface area contributed by atoms with E-state index in [2.05, 4.69) is 0 Å². The van der Waals surface area contributed by atoms with Crippen LogP contribution in [0, 0.1) is 5.92 Å². The van der Waals surface area contributed by atoms with Crippen LogP contribution in [0.2, 0.25) is 10.0 Å². The van der Waals surface area contributed by atoms with Gasteiger partial charge in [0.05, 0.1) is 10.8 Å². The number of hydrogen-bond acceptors (Lipinski definition) is 3. The van der Waals surface area contributed by atoms with E-state index >= 15 is 0 Å². The first-order valence-electron chi connectivity index (χ1n) is 7.08. The Morgan fingerprint density at radius 3 is 2.71 bits per heavy atom. The minimum absolute atomic E-state index is 0.152. The molecule has 116 valence electrons. The summed E-state index contributed by atoms with van der Waals surface area (Å²) in [5, 5.41) is 1.26. The molecule has 6 heteroatoms. The van der Waals surface area contributed by atoms with Gasteiger partial charge < -0.3 is 10.6 Å². The molecule has 3 nitrogen and oxygen atoms in total. The number of carbonyl (C=O) groups excluding carboxylic acids is 1. The zero-order chi connectivity index (χ0) is 15.4. The van der Waals surface area contributed by atoms with Crippen molar-refractivity contribution in [3.05, 3.63) is 28.2 Å². The fourth-order valence-electron chi connectivity index (χ4n) is 2.49. The van der Waals surface area contributed by atoms with E-state index in [0.29, 0.717) is 21.7 Å². The SMILES string of the molecule is CC(N)C1CCN(C(=O)CSc2cc(Cl)ccc2Cl)CC1. The van der Waals surface area contributed by atoms with Gasteiger partial charge in [-0.3, -0.25) is 4.79 Å². The normalized spacial score (nSPS) is 17.8. The summed E-state index contributed by atoms with van der Waals surface area (Å²) in [7, 11) is 0. The summed E-state index contributed by atoms with van der Waals surface area (Å²) in [4.78, 5) is 15.0. The van der Waals surface area contributed by atoms with Crippen molar-refractivity contribution in [2.45, 2.75) is 30.7 Å². The van der Waals surface area contributed by atoms with Gasteiger partial charge in [0.2, 0.25) is 5.91 Å². The fraction of sp³-hybridized carbons (Fsp3) is 0.533. The third-order valence-electron chi connectivity index (χ3n) is 3.88. The number of benzene rings is 1. The molecule has 1 unspecified atom stereocenters. The fourth-order valence-corrected chi connectivity index (χ4v) is 3.89. The lowest BCUT2D eigenvalue weighted by molar-refractivity contribution is -0.129. The van der Waals surface area contributed by atoms with Gasteiger partial charge in [-0.05, 0) is 43.9 Å². The summed E-state index contributed by atoms with van der Waals surface area (Å²) in [5.41, 5.74) is 5.92. The van der Waals surface area contributed by atoms with Crippen molar-refractivity contribution in [3.63, 3.8) is 0 Å². The quantitative estimate of drug-likeness (QED) is 0.846. The van der Waals surface area contributed by atoms with Crippen molar-refractivity contribution in [1.82, 2.24) is 4.90 Å². The van der Waals surface area contributed by atoms with Gasteiger partial charge >= 0.3 is 0 Å². The first-order valence-corrected chi connectivity index (χ1v) is 8.82. The van der Waals surface area contributed by atoms with Gasteiger partial charge in [0.25, 0.3) is 0 Å². The number of likely N-dealkylation sites (tertiary alicyclic amines) is 1. The smallest absolute Gasteiger partial charge is 0.232 e. The van der Waals surface area contributed by atoms with Crippen LogP contribution < -0.4 is 5.73 Å². The number of nitrogens with two attached hydrogens (primary N) is 1. The van der Waals surface area contributed by atoms with Crippen LogP contribution in [0.5, 0.6) is 0 Å². The van der Waals surface area contributed by atoms with Crippen molar-refractivity contribution in [1.29, 1.82) is 0 Å². The zero-order valence-electron chi connectivity index (χ0n) is 12.0. The molecule has 2 N–H and O–H groups in total. The summed E-state index contributed by atoms with van der Waals surface area (Å²) in [6.07, 6.45) is 1.98. The molecule has 1 aliphatic rings. The Bertz CT molecular complexity index is 502. The molecule has 1 aromatic carbocycles. The van der Waals surface area contributed by atoms with Crippen molar-refractivity contribution < 1.29 is 4.79 Å². The lowest BCUT2D eigenvalue weighted by Gasteiger charge is -2.33. The van der Waals surface area contributed by atoms with Gasteiger partial charge in [-0.25, -0.2) is 0 Å². The number of hydrogen-bond donors (Lipinski definition) is 1. The number of amides is 1. The molecule has 2 rings (SSSR count). The molecular weight excluding hydrogens is 327 g/mol. The molecule has 1 saturated heterocycles. The van der Waals surface area contributed by atoms with E-state index in [9.17, 15) is 4.79 Å². The highest BCUT2D eigenvalue weighted by molar-refractivity contribution is 8.00. The van der Waals surface area contributed by atoms with Crippen LogP contribution >= 0.6 is 35.0 Å².